The molecule has 1 saturated carbocycles. The van der Waals surface area contributed by atoms with Gasteiger partial charge in [0, 0.05) is 38.4 Å². The number of carboxylic acids is 1. The van der Waals surface area contributed by atoms with E-state index >= 15 is 0 Å². The van der Waals surface area contributed by atoms with E-state index in [1.807, 2.05) is 35.0 Å². The maximum Gasteiger partial charge on any atom is 0.308 e. The molecule has 1 N–H and O–H groups in total. The molecule has 140 valence electrons. The quantitative estimate of drug-likeness (QED) is 0.889. The van der Waals surface area contributed by atoms with Crippen molar-refractivity contribution in [1.29, 1.82) is 0 Å². The summed E-state index contributed by atoms with van der Waals surface area (Å²) in [4.78, 5) is 31.1. The van der Waals surface area contributed by atoms with Gasteiger partial charge in [-0.25, -0.2) is 0 Å². The van der Waals surface area contributed by atoms with Gasteiger partial charge in [-0.2, -0.15) is 0 Å². The highest BCUT2D eigenvalue weighted by Crippen LogP contribution is 2.54. The molecule has 2 unspecified atom stereocenters. The van der Waals surface area contributed by atoms with Crippen LogP contribution in [0.15, 0.2) is 30.3 Å². The number of hydrogen-bond acceptors (Lipinski definition) is 4. The Labute approximate surface area is 154 Å². The van der Waals surface area contributed by atoms with Crippen LogP contribution in [0.25, 0.3) is 0 Å². The fourth-order valence-electron chi connectivity index (χ4n) is 4.71. The van der Waals surface area contributed by atoms with Crippen molar-refractivity contribution in [3.8, 4) is 0 Å². The number of rotatable bonds is 3. The monoisotopic (exact) mass is 357 g/mol. The predicted octanol–water partition coefficient (Wildman–Crippen LogP) is 1.52. The van der Waals surface area contributed by atoms with Crippen molar-refractivity contribution in [2.75, 3.05) is 44.7 Å². The number of anilines is 1. The van der Waals surface area contributed by atoms with Crippen LogP contribution in [-0.4, -0.2) is 72.6 Å². The molecule has 0 bridgehead atoms. The van der Waals surface area contributed by atoms with E-state index in [0.29, 0.717) is 19.5 Å². The zero-order chi connectivity index (χ0) is 18.3. The highest BCUT2D eigenvalue weighted by molar-refractivity contribution is 5.88. The Hall–Kier alpha value is -2.08. The lowest BCUT2D eigenvalue weighted by Gasteiger charge is -2.44. The molecule has 3 fully saturated rings. The molecule has 2 atom stereocenters. The number of likely N-dealkylation sites (tertiary alicyclic amines) is 1. The largest absolute Gasteiger partial charge is 0.481 e. The summed E-state index contributed by atoms with van der Waals surface area (Å²) in [6.07, 6.45) is 2.84. The number of benzene rings is 1. The molecule has 2 saturated heterocycles. The SMILES string of the molecule is CN1CC2(CC2)CC(C(=O)O)C1C(=O)N1CCN(c2ccccc2)CC1. The van der Waals surface area contributed by atoms with Crippen LogP contribution >= 0.6 is 0 Å². The van der Waals surface area contributed by atoms with Gasteiger partial charge in [-0.05, 0) is 43.9 Å². The summed E-state index contributed by atoms with van der Waals surface area (Å²) < 4.78 is 0. The number of piperidine rings is 1. The molecular weight excluding hydrogens is 330 g/mol. The van der Waals surface area contributed by atoms with E-state index in [1.54, 1.807) is 0 Å². The number of carbonyl (C=O) groups is 2. The van der Waals surface area contributed by atoms with E-state index in [-0.39, 0.29) is 11.3 Å². The molecule has 0 radical (unpaired) electrons. The second kappa shape index (κ2) is 6.58. The molecule has 1 aromatic carbocycles. The molecule has 1 aromatic rings. The lowest BCUT2D eigenvalue weighted by molar-refractivity contribution is -0.156. The van der Waals surface area contributed by atoms with Crippen LogP contribution in [0.4, 0.5) is 5.69 Å². The average molecular weight is 357 g/mol. The zero-order valence-electron chi connectivity index (χ0n) is 15.3. The maximum atomic E-state index is 13.2. The molecule has 26 heavy (non-hydrogen) atoms. The molecule has 3 aliphatic rings. The highest BCUT2D eigenvalue weighted by Gasteiger charge is 2.55. The summed E-state index contributed by atoms with van der Waals surface area (Å²) in [5.74, 6) is -1.43. The van der Waals surface area contributed by atoms with Gasteiger partial charge in [0.2, 0.25) is 5.91 Å². The first-order valence-electron chi connectivity index (χ1n) is 9.51. The summed E-state index contributed by atoms with van der Waals surface area (Å²) in [7, 11) is 1.91. The van der Waals surface area contributed by atoms with E-state index in [4.69, 9.17) is 0 Å². The van der Waals surface area contributed by atoms with Crippen molar-refractivity contribution in [3.63, 3.8) is 0 Å². The maximum absolute atomic E-state index is 13.2. The molecule has 6 nitrogen and oxygen atoms in total. The summed E-state index contributed by atoms with van der Waals surface area (Å²) in [6.45, 7) is 3.71. The van der Waals surface area contributed by atoms with E-state index in [2.05, 4.69) is 17.0 Å². The Morgan fingerprint density at radius 2 is 1.73 bits per heavy atom. The topological polar surface area (TPSA) is 64.1 Å². The number of hydrogen-bond donors (Lipinski definition) is 1. The lowest BCUT2D eigenvalue weighted by atomic mass is 9.80. The molecular formula is C20H27N3O3. The first kappa shape index (κ1) is 17.3. The zero-order valence-corrected chi connectivity index (χ0v) is 15.3. The van der Waals surface area contributed by atoms with Crippen LogP contribution in [0, 0.1) is 11.3 Å². The number of piperazine rings is 1. The molecule has 0 aromatic heterocycles. The fourth-order valence-corrected chi connectivity index (χ4v) is 4.71. The number of para-hydroxylation sites is 1. The molecule has 1 amide bonds. The van der Waals surface area contributed by atoms with Crippen molar-refractivity contribution in [2.24, 2.45) is 11.3 Å². The molecule has 4 rings (SSSR count). The number of nitrogens with zero attached hydrogens (tertiary/aromatic N) is 3. The van der Waals surface area contributed by atoms with Crippen LogP contribution in [0.5, 0.6) is 0 Å². The number of amides is 1. The smallest absolute Gasteiger partial charge is 0.308 e. The van der Waals surface area contributed by atoms with Gasteiger partial charge in [-0.1, -0.05) is 18.2 Å². The van der Waals surface area contributed by atoms with E-state index < -0.39 is 17.9 Å². The van der Waals surface area contributed by atoms with Crippen molar-refractivity contribution >= 4 is 17.6 Å². The minimum Gasteiger partial charge on any atom is -0.481 e. The third kappa shape index (κ3) is 3.18. The molecule has 2 heterocycles. The van der Waals surface area contributed by atoms with Crippen molar-refractivity contribution in [3.05, 3.63) is 30.3 Å². The van der Waals surface area contributed by atoms with Crippen LogP contribution < -0.4 is 4.90 Å². The highest BCUT2D eigenvalue weighted by atomic mass is 16.4. The summed E-state index contributed by atoms with van der Waals surface area (Å²) in [5, 5.41) is 9.72. The molecule has 6 heteroatoms. The number of carboxylic acid groups (broad SMARTS) is 1. The standard InChI is InChI=1S/C20H27N3O3/c1-21-14-20(7-8-20)13-16(19(25)26)17(21)18(24)23-11-9-22(10-12-23)15-5-3-2-4-6-15/h2-6,16-17H,7-14H2,1H3,(H,25,26). The van der Waals surface area contributed by atoms with E-state index in [0.717, 1.165) is 32.5 Å². The molecule has 1 spiro atoms. The van der Waals surface area contributed by atoms with Gasteiger partial charge >= 0.3 is 5.97 Å². The number of aliphatic carboxylic acids is 1. The summed E-state index contributed by atoms with van der Waals surface area (Å²) in [6, 6.07) is 9.69. The Kier molecular flexibility index (Phi) is 4.39. The van der Waals surface area contributed by atoms with Gasteiger partial charge < -0.3 is 14.9 Å². The van der Waals surface area contributed by atoms with Gasteiger partial charge in [0.15, 0.2) is 0 Å². The van der Waals surface area contributed by atoms with Crippen LogP contribution in [0.3, 0.4) is 0 Å². The summed E-state index contributed by atoms with van der Waals surface area (Å²) in [5.41, 5.74) is 1.33. The van der Waals surface area contributed by atoms with Crippen molar-refractivity contribution < 1.29 is 14.7 Å². The minimum absolute atomic E-state index is 0.0110. The Bertz CT molecular complexity index is 681. The van der Waals surface area contributed by atoms with Crippen LogP contribution in [0.2, 0.25) is 0 Å². The fraction of sp³-hybridized carbons (Fsp3) is 0.600. The van der Waals surface area contributed by atoms with Gasteiger partial charge in [0.05, 0.1) is 5.92 Å². The van der Waals surface area contributed by atoms with Gasteiger partial charge in [-0.3, -0.25) is 14.5 Å². The first-order valence-corrected chi connectivity index (χ1v) is 9.51. The third-order valence-corrected chi connectivity index (χ3v) is 6.33. The summed E-state index contributed by atoms with van der Waals surface area (Å²) >= 11 is 0. The first-order chi connectivity index (χ1) is 12.5. The van der Waals surface area contributed by atoms with E-state index in [9.17, 15) is 14.7 Å². The minimum atomic E-state index is -0.830. The van der Waals surface area contributed by atoms with Crippen LogP contribution in [0.1, 0.15) is 19.3 Å². The second-order valence-electron chi connectivity index (χ2n) is 8.16. The van der Waals surface area contributed by atoms with Crippen molar-refractivity contribution in [2.45, 2.75) is 25.3 Å². The molecule has 1 aliphatic carbocycles. The third-order valence-electron chi connectivity index (χ3n) is 6.33. The Morgan fingerprint density at radius 3 is 2.31 bits per heavy atom. The average Bonchev–Trinajstić information content (AvgIpc) is 3.40. The molecule has 2 aliphatic heterocycles. The van der Waals surface area contributed by atoms with Gasteiger partial charge in [0.1, 0.15) is 6.04 Å². The normalized spacial score (nSPS) is 28.2. The second-order valence-corrected chi connectivity index (χ2v) is 8.16. The Balaban J connectivity index is 1.43. The van der Waals surface area contributed by atoms with Gasteiger partial charge in [-0.15, -0.1) is 0 Å². The predicted molar refractivity (Wildman–Crippen MR) is 99.1 cm³/mol. The Morgan fingerprint density at radius 1 is 1.08 bits per heavy atom. The van der Waals surface area contributed by atoms with E-state index in [1.165, 1.54) is 5.69 Å². The lowest BCUT2D eigenvalue weighted by Crippen LogP contribution is -2.60. The van der Waals surface area contributed by atoms with Crippen molar-refractivity contribution in [1.82, 2.24) is 9.80 Å². The number of likely N-dealkylation sites (N-methyl/N-ethyl adjacent to an activating group) is 1. The number of carbonyl (C=O) groups excluding carboxylic acids is 1. The van der Waals surface area contributed by atoms with Crippen LogP contribution in [-0.2, 0) is 9.59 Å². The van der Waals surface area contributed by atoms with Gasteiger partial charge in [0.25, 0.3) is 0 Å².